The van der Waals surface area contributed by atoms with Crippen LogP contribution in [0.4, 0.5) is 0 Å². The second-order valence-electron chi connectivity index (χ2n) is 6.07. The van der Waals surface area contributed by atoms with Crippen LogP contribution >= 0.6 is 0 Å². The van der Waals surface area contributed by atoms with E-state index in [1.54, 1.807) is 0 Å². The van der Waals surface area contributed by atoms with Gasteiger partial charge in [-0.1, -0.05) is 45.3 Å². The van der Waals surface area contributed by atoms with Crippen LogP contribution < -0.4 is 0 Å². The molecule has 20 heavy (non-hydrogen) atoms. The third kappa shape index (κ3) is 5.10. The lowest BCUT2D eigenvalue weighted by Gasteiger charge is -2.37. The molecular weight excluding hydrogens is 252 g/mol. The predicted octanol–water partition coefficient (Wildman–Crippen LogP) is 4.08. The van der Waals surface area contributed by atoms with Crippen molar-refractivity contribution < 1.29 is 14.7 Å². The van der Waals surface area contributed by atoms with Gasteiger partial charge in [0.25, 0.3) is 0 Å². The molecule has 4 atom stereocenters. The molecule has 4 unspecified atom stereocenters. The zero-order valence-electron chi connectivity index (χ0n) is 12.8. The first kappa shape index (κ1) is 16.9. The Morgan fingerprint density at radius 2 is 1.90 bits per heavy atom. The minimum Gasteiger partial charge on any atom is -0.481 e. The van der Waals surface area contributed by atoms with Gasteiger partial charge in [0.05, 0.1) is 0 Å². The van der Waals surface area contributed by atoms with Crippen molar-refractivity contribution in [2.75, 3.05) is 0 Å². The fourth-order valence-corrected chi connectivity index (χ4v) is 3.41. The Kier molecular flexibility index (Phi) is 7.56. The van der Waals surface area contributed by atoms with Crippen molar-refractivity contribution in [3.05, 3.63) is 12.2 Å². The topological polar surface area (TPSA) is 54.4 Å². The number of carboxylic acid groups (broad SMARTS) is 1. The lowest BCUT2D eigenvalue weighted by atomic mass is 9.67. The van der Waals surface area contributed by atoms with Gasteiger partial charge in [-0.25, -0.2) is 0 Å². The smallest absolute Gasteiger partial charge is 0.303 e. The second-order valence-corrected chi connectivity index (χ2v) is 6.07. The predicted molar refractivity (Wildman–Crippen MR) is 80.5 cm³/mol. The molecule has 0 aromatic carbocycles. The highest BCUT2D eigenvalue weighted by atomic mass is 16.4. The number of allylic oxidation sites excluding steroid dienone is 2. The van der Waals surface area contributed by atoms with Gasteiger partial charge in [-0.15, -0.1) is 0 Å². The number of rotatable bonds is 9. The number of carboxylic acids is 1. The number of carbonyl (C=O) groups is 2. The van der Waals surface area contributed by atoms with Crippen LogP contribution in [0.1, 0.15) is 58.8 Å². The van der Waals surface area contributed by atoms with Crippen molar-refractivity contribution in [1.82, 2.24) is 0 Å². The van der Waals surface area contributed by atoms with E-state index in [0.717, 1.165) is 19.1 Å². The molecule has 114 valence electrons. The molecule has 3 heteroatoms. The molecule has 0 saturated carbocycles. The second kappa shape index (κ2) is 8.93. The van der Waals surface area contributed by atoms with Crippen LogP contribution in [0, 0.1) is 23.7 Å². The van der Waals surface area contributed by atoms with Gasteiger partial charge in [-0.05, 0) is 36.5 Å². The minimum absolute atomic E-state index is 0.214. The first-order chi connectivity index (χ1) is 9.60. The maximum absolute atomic E-state index is 11.1. The number of hydrogen-bond acceptors (Lipinski definition) is 2. The van der Waals surface area contributed by atoms with E-state index in [4.69, 9.17) is 5.11 Å². The minimum atomic E-state index is -0.702. The highest BCUT2D eigenvalue weighted by molar-refractivity contribution is 5.67. The molecule has 0 amide bonds. The quantitative estimate of drug-likeness (QED) is 0.393. The number of aldehydes is 1. The maximum atomic E-state index is 11.1. The zero-order valence-corrected chi connectivity index (χ0v) is 12.8. The Labute approximate surface area is 122 Å². The van der Waals surface area contributed by atoms with Gasteiger partial charge in [-0.3, -0.25) is 4.79 Å². The highest BCUT2D eigenvalue weighted by Gasteiger charge is 2.34. The van der Waals surface area contributed by atoms with Crippen LogP contribution in [0.2, 0.25) is 0 Å². The summed E-state index contributed by atoms with van der Waals surface area (Å²) < 4.78 is 0. The van der Waals surface area contributed by atoms with Gasteiger partial charge in [0.1, 0.15) is 6.29 Å². The molecule has 0 aromatic rings. The summed E-state index contributed by atoms with van der Waals surface area (Å²) in [5.74, 6) is 0.604. The molecule has 0 saturated heterocycles. The summed E-state index contributed by atoms with van der Waals surface area (Å²) in [7, 11) is 0. The van der Waals surface area contributed by atoms with Crippen molar-refractivity contribution in [3.8, 4) is 0 Å². The normalized spacial score (nSPS) is 29.3. The lowest BCUT2D eigenvalue weighted by Crippen LogP contribution is -2.31. The number of carbonyl (C=O) groups excluding carboxylic acids is 1. The van der Waals surface area contributed by atoms with E-state index in [0.29, 0.717) is 24.2 Å². The van der Waals surface area contributed by atoms with E-state index in [1.165, 1.54) is 19.3 Å². The van der Waals surface area contributed by atoms with Gasteiger partial charge in [0.2, 0.25) is 0 Å². The number of aliphatic carboxylic acids is 1. The van der Waals surface area contributed by atoms with Gasteiger partial charge in [-0.2, -0.15) is 0 Å². The van der Waals surface area contributed by atoms with Gasteiger partial charge in [0.15, 0.2) is 0 Å². The molecule has 1 aliphatic carbocycles. The van der Waals surface area contributed by atoms with Crippen LogP contribution in [0.5, 0.6) is 0 Å². The molecule has 0 fully saturated rings. The fourth-order valence-electron chi connectivity index (χ4n) is 3.41. The largest absolute Gasteiger partial charge is 0.481 e. The molecule has 3 nitrogen and oxygen atoms in total. The molecule has 0 radical (unpaired) electrons. The van der Waals surface area contributed by atoms with Crippen LogP contribution in [0.3, 0.4) is 0 Å². The first-order valence-corrected chi connectivity index (χ1v) is 7.93. The van der Waals surface area contributed by atoms with E-state index in [9.17, 15) is 9.59 Å². The number of unbranched alkanes of at least 4 members (excludes halogenated alkanes) is 2. The summed E-state index contributed by atoms with van der Waals surface area (Å²) >= 11 is 0. The third-order valence-electron chi connectivity index (χ3n) is 4.68. The molecule has 0 bridgehead atoms. The summed E-state index contributed by atoms with van der Waals surface area (Å²) in [5, 5.41) is 9.15. The van der Waals surface area contributed by atoms with Crippen molar-refractivity contribution in [2.24, 2.45) is 23.7 Å². The highest BCUT2D eigenvalue weighted by Crippen LogP contribution is 2.40. The average Bonchev–Trinajstić information content (AvgIpc) is 2.41. The maximum Gasteiger partial charge on any atom is 0.303 e. The van der Waals surface area contributed by atoms with E-state index in [-0.39, 0.29) is 12.3 Å². The molecule has 0 aromatic heterocycles. The zero-order chi connectivity index (χ0) is 15.0. The molecule has 0 aliphatic heterocycles. The Morgan fingerprint density at radius 3 is 2.50 bits per heavy atom. The van der Waals surface area contributed by atoms with Crippen molar-refractivity contribution in [2.45, 2.75) is 58.8 Å². The lowest BCUT2D eigenvalue weighted by molar-refractivity contribution is -0.139. The van der Waals surface area contributed by atoms with Crippen molar-refractivity contribution in [1.29, 1.82) is 0 Å². The van der Waals surface area contributed by atoms with Crippen molar-refractivity contribution >= 4 is 12.3 Å². The van der Waals surface area contributed by atoms with E-state index in [2.05, 4.69) is 26.0 Å². The van der Waals surface area contributed by atoms with Crippen LogP contribution in [0.25, 0.3) is 0 Å². The Balaban J connectivity index is 2.70. The fraction of sp³-hybridized carbons (Fsp3) is 0.765. The summed E-state index contributed by atoms with van der Waals surface area (Å²) in [4.78, 5) is 21.7. The summed E-state index contributed by atoms with van der Waals surface area (Å²) in [6, 6.07) is 0. The van der Waals surface area contributed by atoms with Crippen LogP contribution in [0.15, 0.2) is 12.2 Å². The average molecular weight is 280 g/mol. The molecule has 1 aliphatic rings. The molecule has 1 rings (SSSR count). The summed E-state index contributed by atoms with van der Waals surface area (Å²) in [5.41, 5.74) is 0. The number of hydrogen-bond donors (Lipinski definition) is 1. The Morgan fingerprint density at radius 1 is 1.20 bits per heavy atom. The van der Waals surface area contributed by atoms with Crippen LogP contribution in [-0.2, 0) is 9.59 Å². The van der Waals surface area contributed by atoms with Gasteiger partial charge >= 0.3 is 5.97 Å². The van der Waals surface area contributed by atoms with E-state index >= 15 is 0 Å². The van der Waals surface area contributed by atoms with Gasteiger partial charge in [0, 0.05) is 12.8 Å². The Hall–Kier alpha value is -1.12. The van der Waals surface area contributed by atoms with E-state index in [1.807, 2.05) is 0 Å². The molecule has 1 N–H and O–H groups in total. The summed E-state index contributed by atoms with van der Waals surface area (Å²) in [6.45, 7) is 4.34. The first-order valence-electron chi connectivity index (χ1n) is 7.93. The molecule has 0 spiro atoms. The van der Waals surface area contributed by atoms with Crippen LogP contribution in [-0.4, -0.2) is 17.4 Å². The monoisotopic (exact) mass is 280 g/mol. The van der Waals surface area contributed by atoms with Crippen molar-refractivity contribution in [3.63, 3.8) is 0 Å². The molecule has 0 heterocycles. The standard InChI is InChI=1S/C17H28O3/c1-3-4-5-7-15-10-9-14(8-6-11-18)13(2)16(15)12-17(19)20/h9-11,13-16H,3-8,12H2,1-2H3,(H,19,20). The van der Waals surface area contributed by atoms with Gasteiger partial charge < -0.3 is 9.90 Å². The van der Waals surface area contributed by atoms with E-state index < -0.39 is 5.97 Å². The molecular formula is C17H28O3. The summed E-state index contributed by atoms with van der Waals surface area (Å²) in [6.07, 6.45) is 11.7. The SMILES string of the molecule is CCCCCC1C=CC(CCC=O)C(C)C1CC(=O)O. The Bertz CT molecular complexity index is 335. The third-order valence-corrected chi connectivity index (χ3v) is 4.68.